The predicted molar refractivity (Wildman–Crippen MR) is 102 cm³/mol. The van der Waals surface area contributed by atoms with Crippen LogP contribution in [0.3, 0.4) is 0 Å². The van der Waals surface area contributed by atoms with Crippen LogP contribution >= 0.6 is 12.4 Å². The number of nitrogens with zero attached hydrogens (tertiary/aromatic N) is 2. The Morgan fingerprint density at radius 2 is 2.12 bits per heavy atom. The van der Waals surface area contributed by atoms with Crippen LogP contribution in [0.2, 0.25) is 0 Å². The van der Waals surface area contributed by atoms with Crippen LogP contribution in [0.4, 0.5) is 0 Å². The van der Waals surface area contributed by atoms with Crippen LogP contribution in [0.1, 0.15) is 24.1 Å². The smallest absolute Gasteiger partial charge is 0.130 e. The Morgan fingerprint density at radius 3 is 2.92 bits per heavy atom. The van der Waals surface area contributed by atoms with E-state index in [4.69, 9.17) is 4.74 Å². The third-order valence-corrected chi connectivity index (χ3v) is 5.27. The monoisotopic (exact) mass is 359 g/mol. The van der Waals surface area contributed by atoms with Crippen LogP contribution in [-0.2, 0) is 13.2 Å². The van der Waals surface area contributed by atoms with Crippen molar-refractivity contribution in [2.45, 2.75) is 26.0 Å². The number of likely N-dealkylation sites (tertiary alicyclic amines) is 1. The van der Waals surface area contributed by atoms with Crippen molar-refractivity contribution in [2.75, 3.05) is 26.2 Å². The summed E-state index contributed by atoms with van der Waals surface area (Å²) in [7, 11) is 0. The number of nitrogens with one attached hydrogen (secondary N) is 1. The molecule has 0 radical (unpaired) electrons. The molecule has 5 heteroatoms. The van der Waals surface area contributed by atoms with Gasteiger partial charge in [-0.1, -0.05) is 18.2 Å². The van der Waals surface area contributed by atoms with Gasteiger partial charge < -0.3 is 10.1 Å². The highest BCUT2D eigenvalue weighted by Gasteiger charge is 2.39. The SMILES string of the molecule is Cl.c1ccc(COc2cccc(CN3CCC4(CCNC4)C3)c2)nc1. The van der Waals surface area contributed by atoms with Gasteiger partial charge in [0.05, 0.1) is 5.69 Å². The van der Waals surface area contributed by atoms with Gasteiger partial charge in [-0.25, -0.2) is 0 Å². The first-order chi connectivity index (χ1) is 11.8. The van der Waals surface area contributed by atoms with Gasteiger partial charge in [-0.05, 0) is 61.2 Å². The lowest BCUT2D eigenvalue weighted by molar-refractivity contribution is 0.267. The first kappa shape index (κ1) is 18.2. The number of hydrogen-bond acceptors (Lipinski definition) is 4. The van der Waals surface area contributed by atoms with Gasteiger partial charge in [0.15, 0.2) is 0 Å². The largest absolute Gasteiger partial charge is 0.487 e. The van der Waals surface area contributed by atoms with Gasteiger partial charge in [-0.2, -0.15) is 0 Å². The fourth-order valence-electron chi connectivity index (χ4n) is 3.94. The molecule has 1 spiro atoms. The molecule has 1 aromatic carbocycles. The van der Waals surface area contributed by atoms with Crippen molar-refractivity contribution >= 4 is 12.4 Å². The summed E-state index contributed by atoms with van der Waals surface area (Å²) >= 11 is 0. The molecule has 0 aliphatic carbocycles. The summed E-state index contributed by atoms with van der Waals surface area (Å²) in [4.78, 5) is 6.89. The molecular formula is C20H26ClN3O. The van der Waals surface area contributed by atoms with Crippen molar-refractivity contribution in [3.05, 3.63) is 59.9 Å². The number of hydrogen-bond donors (Lipinski definition) is 1. The minimum Gasteiger partial charge on any atom is -0.487 e. The van der Waals surface area contributed by atoms with Gasteiger partial charge in [-0.3, -0.25) is 9.88 Å². The quantitative estimate of drug-likeness (QED) is 0.889. The van der Waals surface area contributed by atoms with Gasteiger partial charge in [-0.15, -0.1) is 12.4 Å². The minimum atomic E-state index is 0. The van der Waals surface area contributed by atoms with Gasteiger partial charge >= 0.3 is 0 Å². The third kappa shape index (κ3) is 4.51. The summed E-state index contributed by atoms with van der Waals surface area (Å²) in [5, 5.41) is 3.53. The lowest BCUT2D eigenvalue weighted by Crippen LogP contribution is -2.28. The zero-order valence-electron chi connectivity index (χ0n) is 14.5. The average Bonchev–Trinajstić information content (AvgIpc) is 3.24. The van der Waals surface area contributed by atoms with E-state index >= 15 is 0 Å². The molecule has 134 valence electrons. The second-order valence-electron chi connectivity index (χ2n) is 7.14. The second kappa shape index (κ2) is 8.17. The van der Waals surface area contributed by atoms with Crippen LogP contribution in [-0.4, -0.2) is 36.1 Å². The summed E-state index contributed by atoms with van der Waals surface area (Å²) in [5.41, 5.74) is 2.82. The molecule has 2 saturated heterocycles. The van der Waals surface area contributed by atoms with E-state index in [1.54, 1.807) is 6.20 Å². The first-order valence-corrected chi connectivity index (χ1v) is 8.86. The van der Waals surface area contributed by atoms with Crippen molar-refractivity contribution in [1.82, 2.24) is 15.2 Å². The maximum atomic E-state index is 5.90. The molecule has 0 amide bonds. The summed E-state index contributed by atoms with van der Waals surface area (Å²) < 4.78 is 5.90. The number of aromatic nitrogens is 1. The highest BCUT2D eigenvalue weighted by Crippen LogP contribution is 2.36. The van der Waals surface area contributed by atoms with Crippen molar-refractivity contribution in [3.8, 4) is 5.75 Å². The summed E-state index contributed by atoms with van der Waals surface area (Å²) in [6, 6.07) is 14.4. The fraction of sp³-hybridized carbons (Fsp3) is 0.450. The maximum Gasteiger partial charge on any atom is 0.130 e. The van der Waals surface area contributed by atoms with Crippen molar-refractivity contribution in [2.24, 2.45) is 5.41 Å². The molecule has 0 saturated carbocycles. The van der Waals surface area contributed by atoms with Crippen LogP contribution in [0.25, 0.3) is 0 Å². The number of pyridine rings is 1. The summed E-state index contributed by atoms with van der Waals surface area (Å²) in [5.74, 6) is 0.926. The molecule has 4 nitrogen and oxygen atoms in total. The molecule has 1 N–H and O–H groups in total. The van der Waals surface area contributed by atoms with Gasteiger partial charge in [0.1, 0.15) is 12.4 Å². The van der Waals surface area contributed by atoms with E-state index in [9.17, 15) is 0 Å². The normalized spacial score (nSPS) is 22.9. The Labute approximate surface area is 156 Å². The second-order valence-corrected chi connectivity index (χ2v) is 7.14. The molecule has 2 aliphatic rings. The zero-order valence-corrected chi connectivity index (χ0v) is 15.3. The summed E-state index contributed by atoms with van der Waals surface area (Å²) in [6.45, 7) is 6.34. The first-order valence-electron chi connectivity index (χ1n) is 8.86. The number of rotatable bonds is 5. The Hall–Kier alpha value is -1.62. The van der Waals surface area contributed by atoms with E-state index in [2.05, 4.69) is 33.4 Å². The Balaban J connectivity index is 0.00000182. The maximum absolute atomic E-state index is 5.90. The minimum absolute atomic E-state index is 0. The fourth-order valence-corrected chi connectivity index (χ4v) is 3.94. The number of ether oxygens (including phenoxy) is 1. The zero-order chi connectivity index (χ0) is 16.2. The van der Waals surface area contributed by atoms with Crippen molar-refractivity contribution < 1.29 is 4.74 Å². The third-order valence-electron chi connectivity index (χ3n) is 5.27. The van der Waals surface area contributed by atoms with Gasteiger partial charge in [0, 0.05) is 25.8 Å². The average molecular weight is 360 g/mol. The topological polar surface area (TPSA) is 37.4 Å². The van der Waals surface area contributed by atoms with E-state index < -0.39 is 0 Å². The highest BCUT2D eigenvalue weighted by molar-refractivity contribution is 5.85. The van der Waals surface area contributed by atoms with Gasteiger partial charge in [0.25, 0.3) is 0 Å². The molecule has 0 bridgehead atoms. The Kier molecular flexibility index (Phi) is 5.94. The molecule has 2 aromatic rings. The number of benzene rings is 1. The highest BCUT2D eigenvalue weighted by atomic mass is 35.5. The molecule has 1 aromatic heterocycles. The molecule has 4 rings (SSSR count). The molecule has 25 heavy (non-hydrogen) atoms. The van der Waals surface area contributed by atoms with Crippen LogP contribution in [0.5, 0.6) is 5.75 Å². The number of halogens is 1. The Morgan fingerprint density at radius 1 is 1.16 bits per heavy atom. The van der Waals surface area contributed by atoms with Gasteiger partial charge in [0.2, 0.25) is 0 Å². The van der Waals surface area contributed by atoms with Crippen LogP contribution in [0.15, 0.2) is 48.7 Å². The lowest BCUT2D eigenvalue weighted by Gasteiger charge is -2.23. The van der Waals surface area contributed by atoms with Crippen molar-refractivity contribution in [1.29, 1.82) is 0 Å². The van der Waals surface area contributed by atoms with Crippen molar-refractivity contribution in [3.63, 3.8) is 0 Å². The molecule has 1 atom stereocenters. The van der Waals surface area contributed by atoms with Crippen LogP contribution < -0.4 is 10.1 Å². The lowest BCUT2D eigenvalue weighted by atomic mass is 9.86. The predicted octanol–water partition coefficient (Wildman–Crippen LogP) is 3.27. The van der Waals surface area contributed by atoms with Crippen LogP contribution in [0, 0.1) is 5.41 Å². The molecule has 3 heterocycles. The molecule has 2 fully saturated rings. The van der Waals surface area contributed by atoms with E-state index in [1.807, 2.05) is 24.3 Å². The Bertz CT molecular complexity index is 674. The van der Waals surface area contributed by atoms with E-state index in [0.29, 0.717) is 12.0 Å². The van der Waals surface area contributed by atoms with E-state index in [0.717, 1.165) is 18.0 Å². The van der Waals surface area contributed by atoms with E-state index in [1.165, 1.54) is 44.6 Å². The molecule has 2 aliphatic heterocycles. The standard InChI is InChI=1S/C20H25N3O.ClH/c1-2-9-22-18(5-1)14-24-19-6-3-4-17(12-19)13-23-11-8-20(16-23)7-10-21-15-20;/h1-6,9,12,21H,7-8,10-11,13-16H2;1H. The molecule has 1 unspecified atom stereocenters. The molecular weight excluding hydrogens is 334 g/mol. The summed E-state index contributed by atoms with van der Waals surface area (Å²) in [6.07, 6.45) is 4.46. The van der Waals surface area contributed by atoms with E-state index in [-0.39, 0.29) is 12.4 Å².